The number of nitrogens with one attached hydrogen (secondary N) is 1. The SMILES string of the molecule is CCC(C)CC[C@@H](C)CNC. The highest BCUT2D eigenvalue weighted by molar-refractivity contribution is 4.58. The fourth-order valence-electron chi connectivity index (χ4n) is 1.22. The van der Waals surface area contributed by atoms with Gasteiger partial charge >= 0.3 is 0 Å². The van der Waals surface area contributed by atoms with Gasteiger partial charge in [-0.05, 0) is 31.8 Å². The molecule has 0 bridgehead atoms. The molecule has 2 atom stereocenters. The van der Waals surface area contributed by atoms with Gasteiger partial charge in [-0.3, -0.25) is 0 Å². The molecule has 0 saturated carbocycles. The number of hydrogen-bond acceptors (Lipinski definition) is 1. The van der Waals surface area contributed by atoms with E-state index in [0.717, 1.165) is 18.4 Å². The Kier molecular flexibility index (Phi) is 6.63. The van der Waals surface area contributed by atoms with E-state index < -0.39 is 0 Å². The van der Waals surface area contributed by atoms with Crippen molar-refractivity contribution in [2.45, 2.75) is 40.0 Å². The van der Waals surface area contributed by atoms with Crippen molar-refractivity contribution in [3.05, 3.63) is 0 Å². The first-order valence-electron chi connectivity index (χ1n) is 4.85. The Morgan fingerprint density at radius 3 is 2.09 bits per heavy atom. The molecule has 11 heavy (non-hydrogen) atoms. The third kappa shape index (κ3) is 6.36. The fraction of sp³-hybridized carbons (Fsp3) is 1.00. The zero-order valence-corrected chi connectivity index (χ0v) is 8.48. The minimum absolute atomic E-state index is 0.842. The second-order valence-corrected chi connectivity index (χ2v) is 3.75. The number of rotatable bonds is 6. The Bertz CT molecular complexity index is 80.9. The van der Waals surface area contributed by atoms with Gasteiger partial charge in [0.25, 0.3) is 0 Å². The summed E-state index contributed by atoms with van der Waals surface area (Å²) in [6, 6.07) is 0. The van der Waals surface area contributed by atoms with Gasteiger partial charge in [0.05, 0.1) is 0 Å². The van der Waals surface area contributed by atoms with E-state index in [2.05, 4.69) is 26.1 Å². The minimum atomic E-state index is 0.842. The van der Waals surface area contributed by atoms with Crippen LogP contribution >= 0.6 is 0 Å². The van der Waals surface area contributed by atoms with Crippen molar-refractivity contribution in [1.82, 2.24) is 5.32 Å². The lowest BCUT2D eigenvalue weighted by Crippen LogP contribution is -2.16. The van der Waals surface area contributed by atoms with Gasteiger partial charge < -0.3 is 5.32 Å². The summed E-state index contributed by atoms with van der Waals surface area (Å²) in [6.07, 6.45) is 4.08. The summed E-state index contributed by atoms with van der Waals surface area (Å²) in [5, 5.41) is 3.21. The smallest absolute Gasteiger partial charge is 0.00262 e. The molecule has 1 N–H and O–H groups in total. The van der Waals surface area contributed by atoms with Crippen LogP contribution in [0.4, 0.5) is 0 Å². The van der Waals surface area contributed by atoms with Crippen molar-refractivity contribution < 1.29 is 0 Å². The lowest BCUT2D eigenvalue weighted by atomic mass is 9.96. The van der Waals surface area contributed by atoms with E-state index in [1.165, 1.54) is 19.3 Å². The molecule has 1 unspecified atom stereocenters. The van der Waals surface area contributed by atoms with Gasteiger partial charge in [0.1, 0.15) is 0 Å². The Balaban J connectivity index is 3.22. The fourth-order valence-corrected chi connectivity index (χ4v) is 1.22. The molecule has 0 heterocycles. The van der Waals surface area contributed by atoms with E-state index >= 15 is 0 Å². The Morgan fingerprint density at radius 1 is 1.09 bits per heavy atom. The van der Waals surface area contributed by atoms with Gasteiger partial charge in [0, 0.05) is 0 Å². The predicted molar refractivity (Wildman–Crippen MR) is 51.8 cm³/mol. The summed E-state index contributed by atoms with van der Waals surface area (Å²) in [7, 11) is 2.03. The maximum Gasteiger partial charge on any atom is -0.00262 e. The zero-order valence-electron chi connectivity index (χ0n) is 8.48. The van der Waals surface area contributed by atoms with Crippen molar-refractivity contribution in [2.24, 2.45) is 11.8 Å². The van der Waals surface area contributed by atoms with Crippen LogP contribution in [0.3, 0.4) is 0 Å². The maximum atomic E-state index is 3.21. The molecule has 0 fully saturated rings. The Hall–Kier alpha value is -0.0400. The molecule has 0 spiro atoms. The third-order valence-electron chi connectivity index (χ3n) is 2.40. The largest absolute Gasteiger partial charge is 0.319 e. The lowest BCUT2D eigenvalue weighted by molar-refractivity contribution is 0.414. The van der Waals surface area contributed by atoms with Crippen molar-refractivity contribution in [2.75, 3.05) is 13.6 Å². The van der Waals surface area contributed by atoms with Gasteiger partial charge in [0.2, 0.25) is 0 Å². The van der Waals surface area contributed by atoms with Crippen LogP contribution in [0.25, 0.3) is 0 Å². The summed E-state index contributed by atoms with van der Waals surface area (Å²) >= 11 is 0. The highest BCUT2D eigenvalue weighted by Crippen LogP contribution is 2.13. The summed E-state index contributed by atoms with van der Waals surface area (Å²) in [4.78, 5) is 0. The van der Waals surface area contributed by atoms with Gasteiger partial charge in [-0.15, -0.1) is 0 Å². The van der Waals surface area contributed by atoms with Crippen molar-refractivity contribution in [1.29, 1.82) is 0 Å². The Morgan fingerprint density at radius 2 is 1.64 bits per heavy atom. The van der Waals surface area contributed by atoms with Gasteiger partial charge in [-0.1, -0.05) is 33.6 Å². The molecule has 0 aromatic carbocycles. The van der Waals surface area contributed by atoms with Crippen molar-refractivity contribution in [3.8, 4) is 0 Å². The summed E-state index contributed by atoms with van der Waals surface area (Å²) < 4.78 is 0. The van der Waals surface area contributed by atoms with Crippen LogP contribution in [-0.4, -0.2) is 13.6 Å². The molecule has 1 nitrogen and oxygen atoms in total. The monoisotopic (exact) mass is 157 g/mol. The molecule has 0 aromatic heterocycles. The molecule has 68 valence electrons. The van der Waals surface area contributed by atoms with Crippen LogP contribution in [0.15, 0.2) is 0 Å². The molecule has 0 aliphatic rings. The standard InChI is InChI=1S/C10H23N/c1-5-9(2)6-7-10(3)8-11-4/h9-11H,5-8H2,1-4H3/t9?,10-/m1/s1. The summed E-state index contributed by atoms with van der Waals surface area (Å²) in [5.74, 6) is 1.75. The van der Waals surface area contributed by atoms with E-state index in [9.17, 15) is 0 Å². The quantitative estimate of drug-likeness (QED) is 0.625. The molecule has 0 aliphatic heterocycles. The topological polar surface area (TPSA) is 12.0 Å². The van der Waals surface area contributed by atoms with E-state index in [4.69, 9.17) is 0 Å². The van der Waals surface area contributed by atoms with Crippen molar-refractivity contribution >= 4 is 0 Å². The summed E-state index contributed by atoms with van der Waals surface area (Å²) in [5.41, 5.74) is 0. The van der Waals surface area contributed by atoms with Crippen LogP contribution < -0.4 is 5.32 Å². The van der Waals surface area contributed by atoms with Crippen LogP contribution in [0.5, 0.6) is 0 Å². The van der Waals surface area contributed by atoms with Gasteiger partial charge in [0.15, 0.2) is 0 Å². The average Bonchev–Trinajstić information content (AvgIpc) is 2.01. The lowest BCUT2D eigenvalue weighted by Gasteiger charge is -2.13. The molecule has 0 radical (unpaired) electrons. The first-order valence-corrected chi connectivity index (χ1v) is 4.85. The molecule has 0 rings (SSSR count). The second kappa shape index (κ2) is 6.66. The molecule has 0 saturated heterocycles. The van der Waals surface area contributed by atoms with E-state index in [0.29, 0.717) is 0 Å². The molecule has 0 amide bonds. The molecule has 0 aliphatic carbocycles. The van der Waals surface area contributed by atoms with Gasteiger partial charge in [-0.2, -0.15) is 0 Å². The van der Waals surface area contributed by atoms with Crippen LogP contribution in [0, 0.1) is 11.8 Å². The van der Waals surface area contributed by atoms with Crippen LogP contribution in [-0.2, 0) is 0 Å². The molecular formula is C10H23N. The minimum Gasteiger partial charge on any atom is -0.319 e. The molecule has 0 aromatic rings. The van der Waals surface area contributed by atoms with E-state index in [-0.39, 0.29) is 0 Å². The Labute approximate surface area is 71.6 Å². The van der Waals surface area contributed by atoms with E-state index in [1.54, 1.807) is 0 Å². The number of hydrogen-bond donors (Lipinski definition) is 1. The molecular weight excluding hydrogens is 134 g/mol. The highest BCUT2D eigenvalue weighted by atomic mass is 14.8. The normalized spacial score (nSPS) is 16.4. The predicted octanol–water partition coefficient (Wildman–Crippen LogP) is 2.67. The van der Waals surface area contributed by atoms with E-state index in [1.807, 2.05) is 7.05 Å². The van der Waals surface area contributed by atoms with Crippen LogP contribution in [0.2, 0.25) is 0 Å². The third-order valence-corrected chi connectivity index (χ3v) is 2.40. The first-order chi connectivity index (χ1) is 5.20. The second-order valence-electron chi connectivity index (χ2n) is 3.75. The van der Waals surface area contributed by atoms with Crippen LogP contribution in [0.1, 0.15) is 40.0 Å². The van der Waals surface area contributed by atoms with Crippen molar-refractivity contribution in [3.63, 3.8) is 0 Å². The molecule has 1 heteroatoms. The van der Waals surface area contributed by atoms with Gasteiger partial charge in [-0.25, -0.2) is 0 Å². The average molecular weight is 157 g/mol. The maximum absolute atomic E-state index is 3.21. The zero-order chi connectivity index (χ0) is 8.69. The first kappa shape index (κ1) is 11.0. The summed E-state index contributed by atoms with van der Waals surface area (Å²) in [6.45, 7) is 8.09. The highest BCUT2D eigenvalue weighted by Gasteiger charge is 2.03.